The predicted octanol–water partition coefficient (Wildman–Crippen LogP) is 3.78. The number of carbonyl (C=O) groups excluding carboxylic acids is 1. The molecule has 2 aromatic heterocycles. The number of halogens is 2. The molecule has 0 atom stereocenters. The topological polar surface area (TPSA) is 39.2 Å². The molecule has 0 radical (unpaired) electrons. The molecule has 3 nitrogen and oxygen atoms in total. The van der Waals surface area contributed by atoms with Crippen LogP contribution in [0.1, 0.15) is 17.3 Å². The third kappa shape index (κ3) is 2.00. The number of thiophene rings is 1. The number of aromatic nitrogens is 1. The summed E-state index contributed by atoms with van der Waals surface area (Å²) in [4.78, 5) is 15.6. The Morgan fingerprint density at radius 1 is 1.56 bits per heavy atom. The maximum Gasteiger partial charge on any atom is 0.341 e. The Balaban J connectivity index is 2.55. The second-order valence-electron chi connectivity index (χ2n) is 2.97. The lowest BCUT2D eigenvalue weighted by Crippen LogP contribution is -2.05. The number of hydrogen-bond acceptors (Lipinski definition) is 4. The average molecular weight is 276 g/mol. The van der Waals surface area contributed by atoms with Crippen LogP contribution in [0.15, 0.2) is 12.3 Å². The van der Waals surface area contributed by atoms with Gasteiger partial charge in [0.05, 0.1) is 31.7 Å². The zero-order valence-corrected chi connectivity index (χ0v) is 10.6. The van der Waals surface area contributed by atoms with Gasteiger partial charge < -0.3 is 4.74 Å². The van der Waals surface area contributed by atoms with E-state index in [2.05, 4.69) is 4.98 Å². The predicted molar refractivity (Wildman–Crippen MR) is 65.6 cm³/mol. The molecular weight excluding hydrogens is 269 g/mol. The molecule has 84 valence electrons. The fraction of sp³-hybridized carbons (Fsp3) is 0.200. The van der Waals surface area contributed by atoms with Crippen LogP contribution in [0.2, 0.25) is 9.36 Å². The van der Waals surface area contributed by atoms with Crippen molar-refractivity contribution in [2.45, 2.75) is 6.92 Å². The van der Waals surface area contributed by atoms with E-state index in [0.717, 1.165) is 0 Å². The van der Waals surface area contributed by atoms with Crippen molar-refractivity contribution in [3.63, 3.8) is 0 Å². The number of ether oxygens (including phenoxy) is 1. The zero-order valence-electron chi connectivity index (χ0n) is 8.29. The number of rotatable bonds is 2. The van der Waals surface area contributed by atoms with E-state index in [9.17, 15) is 4.79 Å². The molecule has 2 rings (SSSR count). The Morgan fingerprint density at radius 2 is 2.31 bits per heavy atom. The second-order valence-corrected chi connectivity index (χ2v) is 5.03. The van der Waals surface area contributed by atoms with E-state index >= 15 is 0 Å². The molecule has 0 unspecified atom stereocenters. The molecule has 6 heteroatoms. The van der Waals surface area contributed by atoms with Gasteiger partial charge in [-0.05, 0) is 13.0 Å². The molecule has 0 spiro atoms. The van der Waals surface area contributed by atoms with Gasteiger partial charge in [0, 0.05) is 6.20 Å². The highest BCUT2D eigenvalue weighted by atomic mass is 35.5. The maximum atomic E-state index is 11.5. The highest BCUT2D eigenvalue weighted by Crippen LogP contribution is 2.35. The van der Waals surface area contributed by atoms with E-state index in [1.165, 1.54) is 17.5 Å². The molecule has 2 aromatic rings. The van der Waals surface area contributed by atoms with Crippen molar-refractivity contribution >= 4 is 50.7 Å². The maximum absolute atomic E-state index is 11.5. The zero-order chi connectivity index (χ0) is 11.7. The van der Waals surface area contributed by atoms with E-state index in [4.69, 9.17) is 27.9 Å². The van der Waals surface area contributed by atoms with Crippen LogP contribution in [0, 0.1) is 0 Å². The van der Waals surface area contributed by atoms with Crippen LogP contribution < -0.4 is 0 Å². The summed E-state index contributed by atoms with van der Waals surface area (Å²) in [5.74, 6) is -0.466. The van der Waals surface area contributed by atoms with Crippen molar-refractivity contribution in [2.75, 3.05) is 6.61 Å². The number of hydrogen-bond donors (Lipinski definition) is 0. The number of nitrogens with zero attached hydrogens (tertiary/aromatic N) is 1. The number of esters is 1. The molecule has 0 bridgehead atoms. The van der Waals surface area contributed by atoms with Gasteiger partial charge in [0.15, 0.2) is 0 Å². The van der Waals surface area contributed by atoms with Crippen molar-refractivity contribution in [2.24, 2.45) is 0 Å². The molecular formula is C10H7Cl2NO2S. The normalized spacial score (nSPS) is 10.7. The molecule has 0 aromatic carbocycles. The minimum absolute atomic E-state index is 0.273. The fourth-order valence-corrected chi connectivity index (χ4v) is 2.72. The molecule has 0 fully saturated rings. The van der Waals surface area contributed by atoms with Gasteiger partial charge in [-0.2, -0.15) is 0 Å². The van der Waals surface area contributed by atoms with Crippen LogP contribution in [0.5, 0.6) is 0 Å². The molecule has 0 aliphatic heterocycles. The lowest BCUT2D eigenvalue weighted by molar-refractivity contribution is 0.0526. The monoisotopic (exact) mass is 275 g/mol. The van der Waals surface area contributed by atoms with Crippen molar-refractivity contribution < 1.29 is 9.53 Å². The molecule has 0 saturated carbocycles. The standard InChI is InChI=1S/C10H7Cl2NO2S/c1-2-15-10(14)5-4-13-6-3-7(11)16-9(6)8(5)12/h3-4H,2H2,1H3. The van der Waals surface area contributed by atoms with E-state index < -0.39 is 5.97 Å². The first-order chi connectivity index (χ1) is 7.63. The van der Waals surface area contributed by atoms with Crippen LogP contribution in [0.4, 0.5) is 0 Å². The molecule has 0 aliphatic carbocycles. The summed E-state index contributed by atoms with van der Waals surface area (Å²) in [6.45, 7) is 2.04. The van der Waals surface area contributed by atoms with Crippen LogP contribution in [-0.4, -0.2) is 17.6 Å². The lowest BCUT2D eigenvalue weighted by atomic mass is 10.2. The van der Waals surface area contributed by atoms with Gasteiger partial charge in [0.1, 0.15) is 0 Å². The first kappa shape index (κ1) is 11.6. The van der Waals surface area contributed by atoms with Gasteiger partial charge in [-0.1, -0.05) is 23.2 Å². The Hall–Kier alpha value is -0.840. The van der Waals surface area contributed by atoms with E-state index in [-0.39, 0.29) is 5.56 Å². The third-order valence-corrected chi connectivity index (χ3v) is 3.72. The van der Waals surface area contributed by atoms with Crippen LogP contribution in [0.25, 0.3) is 10.2 Å². The SMILES string of the molecule is CCOC(=O)c1cnc2cc(Cl)sc2c1Cl. The fourth-order valence-electron chi connectivity index (χ4n) is 1.27. The van der Waals surface area contributed by atoms with E-state index in [1.807, 2.05) is 0 Å². The highest BCUT2D eigenvalue weighted by molar-refractivity contribution is 7.23. The van der Waals surface area contributed by atoms with Gasteiger partial charge in [0.2, 0.25) is 0 Å². The summed E-state index contributed by atoms with van der Waals surface area (Å²) in [6, 6.07) is 1.71. The van der Waals surface area contributed by atoms with Gasteiger partial charge in [0.25, 0.3) is 0 Å². The van der Waals surface area contributed by atoms with Gasteiger partial charge >= 0.3 is 5.97 Å². The second kappa shape index (κ2) is 4.57. The quantitative estimate of drug-likeness (QED) is 0.783. The third-order valence-electron chi connectivity index (χ3n) is 1.95. The minimum Gasteiger partial charge on any atom is -0.462 e. The van der Waals surface area contributed by atoms with Gasteiger partial charge in [-0.15, -0.1) is 11.3 Å². The largest absolute Gasteiger partial charge is 0.462 e. The number of fused-ring (bicyclic) bond motifs is 1. The smallest absolute Gasteiger partial charge is 0.341 e. The Labute approximate surface area is 106 Å². The minimum atomic E-state index is -0.466. The van der Waals surface area contributed by atoms with Crippen molar-refractivity contribution in [3.05, 3.63) is 27.2 Å². The molecule has 16 heavy (non-hydrogen) atoms. The summed E-state index contributed by atoms with van der Waals surface area (Å²) in [6.07, 6.45) is 1.41. The van der Waals surface area contributed by atoms with Crippen LogP contribution in [0.3, 0.4) is 0 Å². The van der Waals surface area contributed by atoms with Crippen molar-refractivity contribution in [3.8, 4) is 0 Å². The summed E-state index contributed by atoms with van der Waals surface area (Å²) in [7, 11) is 0. The Bertz CT molecular complexity index is 553. The van der Waals surface area contributed by atoms with Gasteiger partial charge in [-0.25, -0.2) is 4.79 Å². The van der Waals surface area contributed by atoms with Crippen molar-refractivity contribution in [1.29, 1.82) is 0 Å². The Morgan fingerprint density at radius 3 is 3.00 bits per heavy atom. The molecule has 0 aliphatic rings. The summed E-state index contributed by atoms with van der Waals surface area (Å²) < 4.78 is 6.17. The van der Waals surface area contributed by atoms with E-state index in [1.54, 1.807) is 13.0 Å². The molecule has 0 saturated heterocycles. The van der Waals surface area contributed by atoms with E-state index in [0.29, 0.717) is 26.2 Å². The Kier molecular flexibility index (Phi) is 3.33. The number of pyridine rings is 1. The first-order valence-electron chi connectivity index (χ1n) is 4.54. The summed E-state index contributed by atoms with van der Waals surface area (Å²) in [5, 5.41) is 0.348. The van der Waals surface area contributed by atoms with Crippen LogP contribution >= 0.6 is 34.5 Å². The highest BCUT2D eigenvalue weighted by Gasteiger charge is 2.16. The first-order valence-corrected chi connectivity index (χ1v) is 6.11. The summed E-state index contributed by atoms with van der Waals surface area (Å²) >= 11 is 13.2. The molecule has 2 heterocycles. The van der Waals surface area contributed by atoms with Gasteiger partial charge in [-0.3, -0.25) is 4.98 Å². The summed E-state index contributed by atoms with van der Waals surface area (Å²) in [5.41, 5.74) is 0.961. The van der Waals surface area contributed by atoms with Crippen LogP contribution in [-0.2, 0) is 4.74 Å². The lowest BCUT2D eigenvalue weighted by Gasteiger charge is -2.03. The molecule has 0 amide bonds. The average Bonchev–Trinajstić information content (AvgIpc) is 2.60. The number of carbonyl (C=O) groups is 1. The molecule has 0 N–H and O–H groups in total. The van der Waals surface area contributed by atoms with Crippen molar-refractivity contribution in [1.82, 2.24) is 4.98 Å².